The van der Waals surface area contributed by atoms with E-state index in [1.807, 2.05) is 67.1 Å². The third kappa shape index (κ3) is 4.65. The summed E-state index contributed by atoms with van der Waals surface area (Å²) in [4.78, 5) is 44.8. The third-order valence-corrected chi connectivity index (χ3v) is 9.83. The van der Waals surface area contributed by atoms with Crippen molar-refractivity contribution >= 4 is 23.4 Å². The van der Waals surface area contributed by atoms with Gasteiger partial charge >= 0.3 is 0 Å². The summed E-state index contributed by atoms with van der Waals surface area (Å²) in [6.45, 7) is 7.16. The number of benzene rings is 2. The number of anilines is 1. The maximum atomic E-state index is 14.3. The molecule has 2 heterocycles. The van der Waals surface area contributed by atoms with Crippen LogP contribution < -0.4 is 16.0 Å². The first-order chi connectivity index (χ1) is 18.6. The Labute approximate surface area is 232 Å². The predicted octanol–water partition coefficient (Wildman–Crippen LogP) is 3.71. The molecule has 0 aromatic heterocycles. The maximum absolute atomic E-state index is 14.3. The van der Waals surface area contributed by atoms with E-state index in [4.69, 9.17) is 5.73 Å². The number of aryl methyl sites for hydroxylation is 1. The fourth-order valence-corrected chi connectivity index (χ4v) is 7.28. The quantitative estimate of drug-likeness (QED) is 0.571. The lowest BCUT2D eigenvalue weighted by Crippen LogP contribution is -2.54. The van der Waals surface area contributed by atoms with E-state index in [1.165, 1.54) is 0 Å². The van der Waals surface area contributed by atoms with Crippen molar-refractivity contribution in [2.75, 3.05) is 25.0 Å². The second kappa shape index (κ2) is 10.4. The van der Waals surface area contributed by atoms with E-state index in [0.29, 0.717) is 45.2 Å². The van der Waals surface area contributed by atoms with Crippen molar-refractivity contribution in [2.45, 2.75) is 76.8 Å². The molecule has 2 aromatic carbocycles. The van der Waals surface area contributed by atoms with Gasteiger partial charge in [0.05, 0.1) is 16.7 Å². The van der Waals surface area contributed by atoms with Crippen molar-refractivity contribution in [1.82, 2.24) is 10.2 Å². The molecule has 0 bridgehead atoms. The molecule has 1 aliphatic carbocycles. The molecule has 2 fully saturated rings. The molecule has 3 atom stereocenters. The lowest BCUT2D eigenvalue weighted by molar-refractivity contribution is -0.148. The lowest BCUT2D eigenvalue weighted by atomic mass is 9.69. The van der Waals surface area contributed by atoms with Gasteiger partial charge in [-0.25, -0.2) is 0 Å². The number of rotatable bonds is 7. The molecule has 5 rings (SSSR count). The highest BCUT2D eigenvalue weighted by Crippen LogP contribution is 2.47. The molecule has 1 saturated carbocycles. The summed E-state index contributed by atoms with van der Waals surface area (Å²) in [5.41, 5.74) is 8.95. The molecule has 2 aliphatic heterocycles. The Bertz CT molecular complexity index is 1270. The molecule has 0 spiro atoms. The number of likely N-dealkylation sites (tertiary alicyclic amines) is 1. The standard InChI is InChI=1S/C32H42N4O3/c1-21-9-5-6-10-22(21)19-26(32(29(33)38)16-13-23(20-32)34-4)28(37)35-17-14-24(15-18-35)36-27-12-8-7-11-25(27)31(2,3)30(36)39/h5-12,23-24,26,34H,13-20H2,1-4H3,(H2,33,38)/t23?,26-,32?/m1/s1. The van der Waals surface area contributed by atoms with Crippen molar-refractivity contribution in [2.24, 2.45) is 17.1 Å². The molecule has 39 heavy (non-hydrogen) atoms. The average Bonchev–Trinajstić information content (AvgIpc) is 3.46. The smallest absolute Gasteiger partial charge is 0.237 e. The maximum Gasteiger partial charge on any atom is 0.237 e. The molecular formula is C32H42N4O3. The molecule has 3 amide bonds. The van der Waals surface area contributed by atoms with Crippen LogP contribution in [-0.4, -0.2) is 54.8 Å². The number of carbonyl (C=O) groups is 3. The van der Waals surface area contributed by atoms with Gasteiger partial charge in [-0.15, -0.1) is 0 Å². The summed E-state index contributed by atoms with van der Waals surface area (Å²) in [5.74, 6) is -0.744. The van der Waals surface area contributed by atoms with Gasteiger partial charge < -0.3 is 20.9 Å². The molecule has 7 heteroatoms. The SMILES string of the molecule is CNC1CCC(C(N)=O)([C@H](Cc2ccccc2C)C(=O)N2CCC(N3C(=O)C(C)(C)c4ccccc43)CC2)C1. The number of para-hydroxylation sites is 1. The molecule has 3 aliphatic rings. The fraction of sp³-hybridized carbons (Fsp3) is 0.531. The van der Waals surface area contributed by atoms with Crippen LogP contribution in [0.15, 0.2) is 48.5 Å². The molecule has 2 aromatic rings. The predicted molar refractivity (Wildman–Crippen MR) is 153 cm³/mol. The second-order valence-electron chi connectivity index (χ2n) is 12.3. The van der Waals surface area contributed by atoms with Gasteiger partial charge in [0, 0.05) is 30.9 Å². The van der Waals surface area contributed by atoms with E-state index in [0.717, 1.165) is 28.8 Å². The summed E-state index contributed by atoms with van der Waals surface area (Å²) >= 11 is 0. The summed E-state index contributed by atoms with van der Waals surface area (Å²) in [6.07, 6.45) is 3.93. The van der Waals surface area contributed by atoms with E-state index >= 15 is 0 Å². The fourth-order valence-electron chi connectivity index (χ4n) is 7.28. The molecule has 208 valence electrons. The van der Waals surface area contributed by atoms with E-state index in [2.05, 4.69) is 24.4 Å². The number of carbonyl (C=O) groups excluding carboxylic acids is 3. The Hall–Kier alpha value is -3.19. The van der Waals surface area contributed by atoms with Gasteiger partial charge in [0.2, 0.25) is 17.7 Å². The average molecular weight is 531 g/mol. The van der Waals surface area contributed by atoms with Crippen molar-refractivity contribution in [3.05, 3.63) is 65.2 Å². The van der Waals surface area contributed by atoms with Crippen LogP contribution in [-0.2, 0) is 26.2 Å². The number of hydrogen-bond acceptors (Lipinski definition) is 4. The van der Waals surface area contributed by atoms with Gasteiger partial charge in [-0.3, -0.25) is 14.4 Å². The van der Waals surface area contributed by atoms with Crippen LogP contribution >= 0.6 is 0 Å². The number of hydrogen-bond donors (Lipinski definition) is 2. The van der Waals surface area contributed by atoms with Crippen molar-refractivity contribution < 1.29 is 14.4 Å². The zero-order valence-corrected chi connectivity index (χ0v) is 23.7. The summed E-state index contributed by atoms with van der Waals surface area (Å²) in [7, 11) is 1.91. The third-order valence-electron chi connectivity index (χ3n) is 9.83. The molecule has 0 radical (unpaired) electrons. The first-order valence-electron chi connectivity index (χ1n) is 14.3. The zero-order valence-electron chi connectivity index (χ0n) is 23.7. The molecule has 7 nitrogen and oxygen atoms in total. The Morgan fingerprint density at radius 3 is 2.36 bits per heavy atom. The molecule has 3 N–H and O–H groups in total. The number of fused-ring (bicyclic) bond motifs is 1. The van der Waals surface area contributed by atoms with Gasteiger partial charge in [-0.2, -0.15) is 0 Å². The normalized spacial score (nSPS) is 25.5. The highest BCUT2D eigenvalue weighted by atomic mass is 16.2. The Morgan fingerprint density at radius 2 is 1.72 bits per heavy atom. The molecule has 1 saturated heterocycles. The Kier molecular flexibility index (Phi) is 7.31. The number of amides is 3. The summed E-state index contributed by atoms with van der Waals surface area (Å²) < 4.78 is 0. The monoisotopic (exact) mass is 530 g/mol. The highest BCUT2D eigenvalue weighted by Gasteiger charge is 2.53. The number of primary amides is 1. The van der Waals surface area contributed by atoms with Gasteiger partial charge in [-0.1, -0.05) is 42.5 Å². The van der Waals surface area contributed by atoms with Gasteiger partial charge in [0.1, 0.15) is 0 Å². The summed E-state index contributed by atoms with van der Waals surface area (Å²) in [5, 5.41) is 3.31. The lowest BCUT2D eigenvalue weighted by Gasteiger charge is -2.42. The Morgan fingerprint density at radius 1 is 1.05 bits per heavy atom. The minimum absolute atomic E-state index is 0.0146. The molecule has 2 unspecified atom stereocenters. The topological polar surface area (TPSA) is 95.7 Å². The largest absolute Gasteiger partial charge is 0.369 e. The van der Waals surface area contributed by atoms with Crippen LogP contribution in [0.1, 0.15) is 62.6 Å². The molecular weight excluding hydrogens is 488 g/mol. The van der Waals surface area contributed by atoms with E-state index in [-0.39, 0.29) is 29.8 Å². The minimum Gasteiger partial charge on any atom is -0.369 e. The highest BCUT2D eigenvalue weighted by molar-refractivity contribution is 6.08. The number of nitrogens with one attached hydrogen (secondary N) is 1. The van der Waals surface area contributed by atoms with E-state index in [1.54, 1.807) is 0 Å². The van der Waals surface area contributed by atoms with Gasteiger partial charge in [-0.05, 0) is 89.1 Å². The first kappa shape index (κ1) is 27.4. The number of nitrogens with zero attached hydrogens (tertiary/aromatic N) is 2. The van der Waals surface area contributed by atoms with Crippen LogP contribution in [0, 0.1) is 18.3 Å². The zero-order chi connectivity index (χ0) is 27.9. The van der Waals surface area contributed by atoms with Crippen molar-refractivity contribution in [3.8, 4) is 0 Å². The van der Waals surface area contributed by atoms with Crippen LogP contribution in [0.2, 0.25) is 0 Å². The van der Waals surface area contributed by atoms with Gasteiger partial charge in [0.15, 0.2) is 0 Å². The first-order valence-corrected chi connectivity index (χ1v) is 14.3. The Balaban J connectivity index is 1.39. The van der Waals surface area contributed by atoms with Crippen molar-refractivity contribution in [3.63, 3.8) is 0 Å². The van der Waals surface area contributed by atoms with Crippen molar-refractivity contribution in [1.29, 1.82) is 0 Å². The van der Waals surface area contributed by atoms with Gasteiger partial charge in [0.25, 0.3) is 0 Å². The summed E-state index contributed by atoms with van der Waals surface area (Å²) in [6, 6.07) is 16.4. The number of nitrogens with two attached hydrogens (primary N) is 1. The minimum atomic E-state index is -0.877. The number of piperidine rings is 1. The van der Waals surface area contributed by atoms with E-state index < -0.39 is 16.7 Å². The van der Waals surface area contributed by atoms with Crippen LogP contribution in [0.4, 0.5) is 5.69 Å². The second-order valence-corrected chi connectivity index (χ2v) is 12.3. The van der Waals surface area contributed by atoms with E-state index in [9.17, 15) is 14.4 Å². The van der Waals surface area contributed by atoms with Crippen LogP contribution in [0.25, 0.3) is 0 Å². The van der Waals surface area contributed by atoms with Crippen LogP contribution in [0.5, 0.6) is 0 Å². The van der Waals surface area contributed by atoms with Crippen LogP contribution in [0.3, 0.4) is 0 Å².